The molecule has 0 spiro atoms. The van der Waals surface area contributed by atoms with E-state index in [2.05, 4.69) is 10.1 Å². The van der Waals surface area contributed by atoms with Crippen LogP contribution < -0.4 is 5.73 Å². The van der Waals surface area contributed by atoms with E-state index in [0.29, 0.717) is 17.5 Å². The zero-order chi connectivity index (χ0) is 8.97. The van der Waals surface area contributed by atoms with Crippen LogP contribution in [0.2, 0.25) is 0 Å². The maximum Gasteiger partial charge on any atom is 0.236 e. The van der Waals surface area contributed by atoms with E-state index in [-0.39, 0.29) is 6.61 Å². The van der Waals surface area contributed by atoms with Gasteiger partial charge in [0.05, 0.1) is 18.4 Å². The number of nitrogens with two attached hydrogens (primary N) is 1. The van der Waals surface area contributed by atoms with Crippen molar-refractivity contribution in [2.45, 2.75) is 11.8 Å². The molecule has 0 aliphatic rings. The monoisotopic (exact) mass is 189 g/mol. The summed E-state index contributed by atoms with van der Waals surface area (Å²) in [6.45, 7) is -0.168. The van der Waals surface area contributed by atoms with Gasteiger partial charge in [-0.2, -0.15) is 16.7 Å². The Balaban J connectivity index is 2.63. The molecule has 0 aliphatic carbocycles. The summed E-state index contributed by atoms with van der Waals surface area (Å²) in [6.07, 6.45) is 1.94. The number of aliphatic hydroxyl groups is 1. The van der Waals surface area contributed by atoms with Crippen LogP contribution in [0.5, 0.6) is 0 Å². The molecule has 1 aromatic heterocycles. The highest BCUT2D eigenvalue weighted by atomic mass is 32.2. The fourth-order valence-corrected chi connectivity index (χ4v) is 1.05. The molecule has 3 N–H and O–H groups in total. The zero-order valence-corrected chi connectivity index (χ0v) is 7.54. The summed E-state index contributed by atoms with van der Waals surface area (Å²) in [5.74, 6) is 1.58. The summed E-state index contributed by atoms with van der Waals surface area (Å²) in [5.41, 5.74) is 5.46. The Morgan fingerprint density at radius 2 is 2.50 bits per heavy atom. The van der Waals surface area contributed by atoms with Gasteiger partial charge in [0, 0.05) is 0 Å². The van der Waals surface area contributed by atoms with Gasteiger partial charge in [-0.25, -0.2) is 0 Å². The summed E-state index contributed by atoms with van der Waals surface area (Å²) in [7, 11) is 0. The fraction of sp³-hybridized carbons (Fsp3) is 0.667. The van der Waals surface area contributed by atoms with Crippen molar-refractivity contribution in [1.29, 1.82) is 0 Å². The molecule has 68 valence electrons. The van der Waals surface area contributed by atoms with Crippen LogP contribution in [0.15, 0.2) is 4.52 Å². The Labute approximate surface area is 74.3 Å². The fourth-order valence-electron chi connectivity index (χ4n) is 0.682. The molecule has 0 aliphatic heterocycles. The molecule has 1 atom stereocenters. The van der Waals surface area contributed by atoms with Gasteiger partial charge in [-0.3, -0.25) is 0 Å². The maximum absolute atomic E-state index is 8.68. The molecule has 1 heterocycles. The molecule has 0 amide bonds. The molecule has 5 nitrogen and oxygen atoms in total. The summed E-state index contributed by atoms with van der Waals surface area (Å²) in [6, 6.07) is -0.538. The molecule has 6 heteroatoms. The van der Waals surface area contributed by atoms with Crippen molar-refractivity contribution in [1.82, 2.24) is 10.1 Å². The number of rotatable bonds is 4. The second-order valence-corrected chi connectivity index (χ2v) is 3.13. The topological polar surface area (TPSA) is 85.2 Å². The Morgan fingerprint density at radius 1 is 1.75 bits per heavy atom. The first kappa shape index (κ1) is 9.50. The molecule has 1 rings (SSSR count). The maximum atomic E-state index is 8.68. The lowest BCUT2D eigenvalue weighted by Gasteiger charge is -1.98. The van der Waals surface area contributed by atoms with Gasteiger partial charge in [0.1, 0.15) is 0 Å². The van der Waals surface area contributed by atoms with Gasteiger partial charge in [-0.05, 0) is 6.26 Å². The molecule has 0 saturated heterocycles. The lowest BCUT2D eigenvalue weighted by Crippen LogP contribution is -2.15. The molecule has 1 aromatic rings. The number of hydrogen-bond donors (Lipinski definition) is 2. The Bertz CT molecular complexity index is 240. The number of hydrogen-bond acceptors (Lipinski definition) is 6. The Morgan fingerprint density at radius 3 is 3.08 bits per heavy atom. The van der Waals surface area contributed by atoms with Crippen LogP contribution in [0.3, 0.4) is 0 Å². The molecule has 0 saturated carbocycles. The summed E-state index contributed by atoms with van der Waals surface area (Å²) >= 11 is 1.59. The largest absolute Gasteiger partial charge is 0.394 e. The van der Waals surface area contributed by atoms with Crippen molar-refractivity contribution in [3.63, 3.8) is 0 Å². The van der Waals surface area contributed by atoms with Crippen molar-refractivity contribution in [3.05, 3.63) is 11.7 Å². The quantitative estimate of drug-likeness (QED) is 0.689. The van der Waals surface area contributed by atoms with Gasteiger partial charge >= 0.3 is 0 Å². The molecule has 0 fully saturated rings. The van der Waals surface area contributed by atoms with Crippen molar-refractivity contribution in [2.75, 3.05) is 12.9 Å². The average molecular weight is 189 g/mol. The molecule has 1 unspecified atom stereocenters. The Hall–Kier alpha value is -0.590. The van der Waals surface area contributed by atoms with E-state index in [4.69, 9.17) is 15.4 Å². The SMILES string of the molecule is CSCc1nc(C(N)CO)no1. The molecular formula is C6H11N3O2S. The zero-order valence-electron chi connectivity index (χ0n) is 6.73. The van der Waals surface area contributed by atoms with E-state index in [1.807, 2.05) is 6.26 Å². The molecule has 12 heavy (non-hydrogen) atoms. The number of thioether (sulfide) groups is 1. The first-order valence-corrected chi connectivity index (χ1v) is 4.85. The summed E-state index contributed by atoms with van der Waals surface area (Å²) in [5, 5.41) is 12.3. The van der Waals surface area contributed by atoms with Crippen LogP contribution in [0.1, 0.15) is 17.8 Å². The number of aromatic nitrogens is 2. The summed E-state index contributed by atoms with van der Waals surface area (Å²) < 4.78 is 4.85. The predicted octanol–water partition coefficient (Wildman–Crippen LogP) is -0.0753. The molecule has 0 radical (unpaired) electrons. The van der Waals surface area contributed by atoms with Crippen LogP contribution in [-0.4, -0.2) is 28.1 Å². The van der Waals surface area contributed by atoms with Gasteiger partial charge in [-0.15, -0.1) is 0 Å². The lowest BCUT2D eigenvalue weighted by atomic mass is 10.3. The Kier molecular flexibility index (Phi) is 3.51. The minimum atomic E-state index is -0.538. The second-order valence-electron chi connectivity index (χ2n) is 2.27. The first-order valence-electron chi connectivity index (χ1n) is 3.45. The summed E-state index contributed by atoms with van der Waals surface area (Å²) in [4.78, 5) is 3.99. The van der Waals surface area contributed by atoms with Crippen LogP contribution in [0, 0.1) is 0 Å². The van der Waals surface area contributed by atoms with E-state index < -0.39 is 6.04 Å². The van der Waals surface area contributed by atoms with Crippen LogP contribution in [0.25, 0.3) is 0 Å². The van der Waals surface area contributed by atoms with Crippen molar-refractivity contribution in [3.8, 4) is 0 Å². The molecule has 0 bridgehead atoms. The third-order valence-corrected chi connectivity index (χ3v) is 1.82. The van der Waals surface area contributed by atoms with Gasteiger partial charge in [0.2, 0.25) is 5.89 Å². The third kappa shape index (κ3) is 2.20. The van der Waals surface area contributed by atoms with E-state index in [0.717, 1.165) is 0 Å². The smallest absolute Gasteiger partial charge is 0.236 e. The standard InChI is InChI=1S/C6H11N3O2S/c1-12-3-5-8-6(9-11-5)4(7)2-10/h4,10H,2-3,7H2,1H3. The first-order chi connectivity index (χ1) is 5.77. The minimum absolute atomic E-state index is 0.168. The van der Waals surface area contributed by atoms with Crippen LogP contribution in [0.4, 0.5) is 0 Å². The van der Waals surface area contributed by atoms with E-state index in [1.165, 1.54) is 0 Å². The normalized spacial score (nSPS) is 13.2. The van der Waals surface area contributed by atoms with E-state index >= 15 is 0 Å². The highest BCUT2D eigenvalue weighted by Crippen LogP contribution is 2.09. The number of aliphatic hydroxyl groups excluding tert-OH is 1. The van der Waals surface area contributed by atoms with Crippen molar-refractivity contribution in [2.24, 2.45) is 5.73 Å². The average Bonchev–Trinajstić information content (AvgIpc) is 2.52. The lowest BCUT2D eigenvalue weighted by molar-refractivity contribution is 0.259. The third-order valence-electron chi connectivity index (χ3n) is 1.28. The minimum Gasteiger partial charge on any atom is -0.394 e. The predicted molar refractivity (Wildman–Crippen MR) is 45.5 cm³/mol. The van der Waals surface area contributed by atoms with Crippen LogP contribution in [-0.2, 0) is 5.75 Å². The number of nitrogens with zero attached hydrogens (tertiary/aromatic N) is 2. The molecule has 0 aromatic carbocycles. The second kappa shape index (κ2) is 4.44. The van der Waals surface area contributed by atoms with Gasteiger partial charge in [-0.1, -0.05) is 5.16 Å². The van der Waals surface area contributed by atoms with Crippen LogP contribution >= 0.6 is 11.8 Å². The van der Waals surface area contributed by atoms with E-state index in [9.17, 15) is 0 Å². The highest BCUT2D eigenvalue weighted by molar-refractivity contribution is 7.97. The highest BCUT2D eigenvalue weighted by Gasteiger charge is 2.12. The van der Waals surface area contributed by atoms with E-state index in [1.54, 1.807) is 11.8 Å². The van der Waals surface area contributed by atoms with Gasteiger partial charge in [0.15, 0.2) is 5.82 Å². The van der Waals surface area contributed by atoms with Gasteiger partial charge < -0.3 is 15.4 Å². The van der Waals surface area contributed by atoms with Crippen molar-refractivity contribution >= 4 is 11.8 Å². The van der Waals surface area contributed by atoms with Crippen molar-refractivity contribution < 1.29 is 9.63 Å². The van der Waals surface area contributed by atoms with Gasteiger partial charge in [0.25, 0.3) is 0 Å². The molecular weight excluding hydrogens is 178 g/mol.